The first-order chi connectivity index (χ1) is 8.77. The predicted molar refractivity (Wildman–Crippen MR) is 74.7 cm³/mol. The van der Waals surface area contributed by atoms with E-state index in [1.54, 1.807) is 0 Å². The summed E-state index contributed by atoms with van der Waals surface area (Å²) in [6.45, 7) is 10.1. The fourth-order valence-corrected chi connectivity index (χ4v) is 6.72. The highest BCUT2D eigenvalue weighted by molar-refractivity contribution is 6.53. The zero-order chi connectivity index (χ0) is 13.7. The van der Waals surface area contributed by atoms with Crippen LogP contribution in [0.2, 0.25) is 0 Å². The summed E-state index contributed by atoms with van der Waals surface area (Å²) < 4.78 is 10.9. The van der Waals surface area contributed by atoms with E-state index in [9.17, 15) is 0 Å². The monoisotopic (exact) mass is 305 g/mol. The van der Waals surface area contributed by atoms with Crippen LogP contribution in [0.1, 0.15) is 27.2 Å². The molecule has 4 fully saturated rings. The number of epoxide rings is 1. The third kappa shape index (κ3) is 1.37. The summed E-state index contributed by atoms with van der Waals surface area (Å²) in [7, 11) is 0. The van der Waals surface area contributed by atoms with E-state index in [1.165, 1.54) is 0 Å². The van der Waals surface area contributed by atoms with Gasteiger partial charge in [0.05, 0.1) is 24.4 Å². The van der Waals surface area contributed by atoms with Gasteiger partial charge < -0.3 is 9.47 Å². The molecule has 3 nitrogen and oxygen atoms in total. The number of hydrogen-bond acceptors (Lipinski definition) is 3. The number of alkyl halides is 2. The largest absolute Gasteiger partial charge is 0.379 e. The van der Waals surface area contributed by atoms with E-state index >= 15 is 0 Å². The summed E-state index contributed by atoms with van der Waals surface area (Å²) in [5, 5.41) is 0. The molecule has 0 unspecified atom stereocenters. The number of rotatable bonds is 1. The van der Waals surface area contributed by atoms with Gasteiger partial charge in [-0.25, -0.2) is 0 Å². The van der Waals surface area contributed by atoms with E-state index in [0.29, 0.717) is 0 Å². The van der Waals surface area contributed by atoms with Crippen molar-refractivity contribution in [2.45, 2.75) is 48.8 Å². The van der Waals surface area contributed by atoms with E-state index in [1.807, 2.05) is 0 Å². The van der Waals surface area contributed by atoms with Crippen molar-refractivity contribution in [1.29, 1.82) is 0 Å². The highest BCUT2D eigenvalue weighted by Crippen LogP contribution is 2.81. The van der Waals surface area contributed by atoms with Gasteiger partial charge in [-0.05, 0) is 18.8 Å². The van der Waals surface area contributed by atoms with Crippen molar-refractivity contribution in [3.63, 3.8) is 0 Å². The van der Waals surface area contributed by atoms with Crippen molar-refractivity contribution in [1.82, 2.24) is 4.90 Å². The molecule has 0 N–H and O–H groups in total. The maximum Gasteiger partial charge on any atom is 0.144 e. The molecule has 0 aromatic heterocycles. The van der Waals surface area contributed by atoms with E-state index in [0.717, 1.165) is 32.7 Å². The summed E-state index contributed by atoms with van der Waals surface area (Å²) in [4.78, 5) is 2.44. The van der Waals surface area contributed by atoms with Crippen molar-refractivity contribution in [2.75, 3.05) is 26.3 Å². The summed E-state index contributed by atoms with van der Waals surface area (Å²) in [6, 6.07) is 0. The van der Waals surface area contributed by atoms with E-state index in [4.69, 9.17) is 32.7 Å². The molecule has 4 aliphatic rings. The van der Waals surface area contributed by atoms with Crippen LogP contribution < -0.4 is 0 Å². The van der Waals surface area contributed by atoms with Crippen LogP contribution in [0.15, 0.2) is 0 Å². The average Bonchev–Trinajstić information content (AvgIpc) is 3.11. The Morgan fingerprint density at radius 2 is 1.74 bits per heavy atom. The van der Waals surface area contributed by atoms with Crippen LogP contribution in [0.5, 0.6) is 0 Å². The van der Waals surface area contributed by atoms with Crippen LogP contribution >= 0.6 is 23.2 Å². The molecule has 0 amide bonds. The van der Waals surface area contributed by atoms with Gasteiger partial charge in [0, 0.05) is 19.0 Å². The Kier molecular flexibility index (Phi) is 2.38. The molecule has 2 saturated carbocycles. The van der Waals surface area contributed by atoms with Crippen molar-refractivity contribution in [3.8, 4) is 0 Å². The minimum Gasteiger partial charge on any atom is -0.379 e. The number of halogens is 2. The van der Waals surface area contributed by atoms with Gasteiger partial charge in [-0.2, -0.15) is 0 Å². The Hall–Kier alpha value is 0.460. The molecular formula is C14H21Cl2NO2. The van der Waals surface area contributed by atoms with Crippen LogP contribution in [0.3, 0.4) is 0 Å². The van der Waals surface area contributed by atoms with Crippen LogP contribution in [0.25, 0.3) is 0 Å². The van der Waals surface area contributed by atoms with Crippen LogP contribution in [0, 0.1) is 11.3 Å². The number of morpholine rings is 1. The van der Waals surface area contributed by atoms with Gasteiger partial charge >= 0.3 is 0 Å². The van der Waals surface area contributed by atoms with Gasteiger partial charge in [-0.3, -0.25) is 4.90 Å². The van der Waals surface area contributed by atoms with Crippen molar-refractivity contribution in [2.24, 2.45) is 11.3 Å². The molecule has 2 aliphatic heterocycles. The molecule has 4 atom stereocenters. The van der Waals surface area contributed by atoms with Gasteiger partial charge in [0.2, 0.25) is 0 Å². The number of fused-ring (bicyclic) bond motifs is 3. The summed E-state index contributed by atoms with van der Waals surface area (Å²) >= 11 is 13.5. The Labute approximate surface area is 124 Å². The molecular weight excluding hydrogens is 285 g/mol. The first-order valence-corrected chi connectivity index (χ1v) is 7.91. The molecule has 0 aromatic rings. The smallest absolute Gasteiger partial charge is 0.144 e. The van der Waals surface area contributed by atoms with Crippen molar-refractivity contribution in [3.05, 3.63) is 0 Å². The minimum absolute atomic E-state index is 0.0379. The van der Waals surface area contributed by atoms with E-state index < -0.39 is 4.33 Å². The highest BCUT2D eigenvalue weighted by Gasteiger charge is 2.93. The molecule has 4 rings (SSSR count). The second kappa shape index (κ2) is 3.44. The second-order valence-corrected chi connectivity index (χ2v) is 8.84. The molecule has 5 heteroatoms. The number of ether oxygens (including phenoxy) is 2. The van der Waals surface area contributed by atoms with Crippen molar-refractivity contribution < 1.29 is 9.47 Å². The van der Waals surface area contributed by atoms with E-state index in [-0.39, 0.29) is 28.6 Å². The third-order valence-electron chi connectivity index (χ3n) is 5.66. The van der Waals surface area contributed by atoms with Crippen LogP contribution in [-0.2, 0) is 9.47 Å². The van der Waals surface area contributed by atoms with Gasteiger partial charge in [-0.1, -0.05) is 37.0 Å². The van der Waals surface area contributed by atoms with Gasteiger partial charge in [0.1, 0.15) is 10.4 Å². The third-order valence-corrected chi connectivity index (χ3v) is 6.70. The highest BCUT2D eigenvalue weighted by atomic mass is 35.5. The summed E-state index contributed by atoms with van der Waals surface area (Å²) in [5.74, 6) is 0.287. The molecule has 0 spiro atoms. The van der Waals surface area contributed by atoms with Crippen molar-refractivity contribution >= 4 is 23.2 Å². The zero-order valence-electron chi connectivity index (χ0n) is 11.7. The Morgan fingerprint density at radius 1 is 1.11 bits per heavy atom. The summed E-state index contributed by atoms with van der Waals surface area (Å²) in [6.07, 6.45) is 1.23. The fourth-order valence-electron chi connectivity index (χ4n) is 5.25. The average molecular weight is 306 g/mol. The Bertz CT molecular complexity index is 435. The molecule has 2 aliphatic carbocycles. The quantitative estimate of drug-likeness (QED) is 0.549. The maximum absolute atomic E-state index is 6.77. The SMILES string of the molecule is CC1(C)C[C@]2(C)O[C@@H]2[C@]2(N3CCOCC3)[C@@H]1C2(Cl)Cl. The normalized spacial score (nSPS) is 54.2. The number of hydrogen-bond donors (Lipinski definition) is 0. The number of nitrogens with zero attached hydrogens (tertiary/aromatic N) is 1. The van der Waals surface area contributed by atoms with Gasteiger partial charge in [-0.15, -0.1) is 0 Å². The molecule has 2 heterocycles. The zero-order valence-corrected chi connectivity index (χ0v) is 13.2. The maximum atomic E-state index is 6.77. The lowest BCUT2D eigenvalue weighted by molar-refractivity contribution is -0.0130. The van der Waals surface area contributed by atoms with E-state index in [2.05, 4.69) is 25.7 Å². The fraction of sp³-hybridized carbons (Fsp3) is 1.00. The minimum atomic E-state index is -0.688. The Morgan fingerprint density at radius 3 is 2.37 bits per heavy atom. The second-order valence-electron chi connectivity index (χ2n) is 7.46. The standard InChI is InChI=1S/C14H21Cl2NO2/c1-11(2)8-12(3)10(19-12)13(9(11)14(13,15)16)17-4-6-18-7-5-17/h9-10H,4-8H2,1-3H3/t9-,10+,12+,13-/m1/s1. The van der Waals surface area contributed by atoms with Gasteiger partial charge in [0.15, 0.2) is 0 Å². The van der Waals surface area contributed by atoms with Crippen LogP contribution in [-0.4, -0.2) is 52.8 Å². The van der Waals surface area contributed by atoms with Crippen LogP contribution in [0.4, 0.5) is 0 Å². The molecule has 19 heavy (non-hydrogen) atoms. The lowest BCUT2D eigenvalue weighted by Gasteiger charge is -2.41. The Balaban J connectivity index is 1.77. The first kappa shape index (κ1) is 13.1. The predicted octanol–water partition coefficient (Wildman–Crippen LogP) is 2.45. The molecule has 2 saturated heterocycles. The molecule has 0 bridgehead atoms. The topological polar surface area (TPSA) is 25.0 Å². The van der Waals surface area contributed by atoms with Gasteiger partial charge in [0.25, 0.3) is 0 Å². The summed E-state index contributed by atoms with van der Waals surface area (Å²) in [5.41, 5.74) is -0.121. The molecule has 0 aromatic carbocycles. The molecule has 108 valence electrons. The molecule has 0 radical (unpaired) electrons. The lowest BCUT2D eigenvalue weighted by atomic mass is 9.70. The first-order valence-electron chi connectivity index (χ1n) is 7.15. The lowest BCUT2D eigenvalue weighted by Crippen LogP contribution is -2.55.